The van der Waals surface area contributed by atoms with Crippen molar-refractivity contribution in [2.75, 3.05) is 31.6 Å². The van der Waals surface area contributed by atoms with Gasteiger partial charge in [0.25, 0.3) is 11.5 Å². The number of nitrogens with zero attached hydrogens (tertiary/aromatic N) is 2. The Morgan fingerprint density at radius 2 is 1.88 bits per heavy atom. The topological polar surface area (TPSA) is 109 Å². The zero-order chi connectivity index (χ0) is 28.1. The number of rotatable bonds is 7. The van der Waals surface area contributed by atoms with Crippen LogP contribution in [0.1, 0.15) is 10.4 Å². The first-order valence-electron chi connectivity index (χ1n) is 12.4. The maximum Gasteiger partial charge on any atom is 0.267 e. The Labute approximate surface area is 228 Å². The number of halogens is 2. The minimum Gasteiger partial charge on any atom is -0.452 e. The summed E-state index contributed by atoms with van der Waals surface area (Å²) in [5.41, 5.74) is 1.03. The number of carbonyl (C=O) groups is 1. The lowest BCUT2D eigenvalue weighted by Crippen LogP contribution is -2.37. The summed E-state index contributed by atoms with van der Waals surface area (Å²) >= 11 is 0. The van der Waals surface area contributed by atoms with Gasteiger partial charge in [0.15, 0.2) is 17.3 Å². The summed E-state index contributed by atoms with van der Waals surface area (Å²) in [5.74, 6) is -1.71. The van der Waals surface area contributed by atoms with Gasteiger partial charge in [-0.2, -0.15) is 0 Å². The Kier molecular flexibility index (Phi) is 7.83. The molecule has 9 nitrogen and oxygen atoms in total. The monoisotopic (exact) mass is 545 g/mol. The Balaban J connectivity index is 1.33. The SMILES string of the molecule is N=C/C=C1\NC=C(N2CCOCC2)C=C1Oc1ccc(NC(=O)c2cccn(-c3ccc(F)cc3)c2=O)cc1F. The summed E-state index contributed by atoms with van der Waals surface area (Å²) in [4.78, 5) is 27.9. The average Bonchev–Trinajstić information content (AvgIpc) is 2.96. The van der Waals surface area contributed by atoms with Crippen LogP contribution in [0.4, 0.5) is 14.5 Å². The normalized spacial score (nSPS) is 16.1. The van der Waals surface area contributed by atoms with Crippen LogP contribution in [-0.2, 0) is 4.74 Å². The van der Waals surface area contributed by atoms with Crippen molar-refractivity contribution < 1.29 is 23.0 Å². The van der Waals surface area contributed by atoms with E-state index in [-0.39, 0.29) is 17.0 Å². The molecule has 0 aliphatic carbocycles. The van der Waals surface area contributed by atoms with Gasteiger partial charge in [-0.3, -0.25) is 14.2 Å². The number of hydrogen-bond donors (Lipinski definition) is 3. The van der Waals surface area contributed by atoms with E-state index in [1.807, 2.05) is 0 Å². The van der Waals surface area contributed by atoms with Crippen molar-refractivity contribution in [2.24, 2.45) is 0 Å². The van der Waals surface area contributed by atoms with Crippen LogP contribution in [0.15, 0.2) is 101 Å². The minimum atomic E-state index is -0.743. The summed E-state index contributed by atoms with van der Waals surface area (Å²) in [7, 11) is 0. The number of anilines is 1. The largest absolute Gasteiger partial charge is 0.452 e. The van der Waals surface area contributed by atoms with Gasteiger partial charge in [-0.05, 0) is 54.6 Å². The van der Waals surface area contributed by atoms with E-state index in [4.69, 9.17) is 14.9 Å². The van der Waals surface area contributed by atoms with Crippen LogP contribution in [0.3, 0.4) is 0 Å². The van der Waals surface area contributed by atoms with Gasteiger partial charge in [-0.15, -0.1) is 0 Å². The van der Waals surface area contributed by atoms with Gasteiger partial charge >= 0.3 is 0 Å². The molecule has 40 heavy (non-hydrogen) atoms. The van der Waals surface area contributed by atoms with Crippen LogP contribution in [0, 0.1) is 17.0 Å². The molecule has 3 aromatic rings. The molecule has 3 N–H and O–H groups in total. The zero-order valence-electron chi connectivity index (χ0n) is 21.2. The van der Waals surface area contributed by atoms with Crippen LogP contribution < -0.4 is 20.9 Å². The van der Waals surface area contributed by atoms with E-state index in [1.54, 1.807) is 12.3 Å². The second-order valence-electron chi connectivity index (χ2n) is 8.84. The molecular weight excluding hydrogens is 520 g/mol. The van der Waals surface area contributed by atoms with Crippen molar-refractivity contribution in [2.45, 2.75) is 0 Å². The number of aromatic nitrogens is 1. The highest BCUT2D eigenvalue weighted by atomic mass is 19.1. The van der Waals surface area contributed by atoms with Crippen LogP contribution >= 0.6 is 0 Å². The molecule has 0 bridgehead atoms. The fraction of sp³-hybridized carbons (Fsp3) is 0.138. The minimum absolute atomic E-state index is 0.0940. The number of benzene rings is 2. The smallest absolute Gasteiger partial charge is 0.267 e. The van der Waals surface area contributed by atoms with Gasteiger partial charge in [0, 0.05) is 55.2 Å². The van der Waals surface area contributed by atoms with E-state index in [0.29, 0.717) is 43.4 Å². The maximum absolute atomic E-state index is 15.1. The molecule has 1 amide bonds. The van der Waals surface area contributed by atoms with Crippen molar-refractivity contribution in [1.82, 2.24) is 14.8 Å². The first-order valence-corrected chi connectivity index (χ1v) is 12.4. The molecule has 1 fully saturated rings. The Bertz CT molecular complexity index is 1590. The fourth-order valence-electron chi connectivity index (χ4n) is 4.23. The molecule has 0 spiro atoms. The number of pyridine rings is 1. The van der Waals surface area contributed by atoms with Crippen molar-refractivity contribution >= 4 is 17.8 Å². The van der Waals surface area contributed by atoms with Gasteiger partial charge in [0.2, 0.25) is 0 Å². The number of morpholine rings is 1. The number of nitrogens with one attached hydrogen (secondary N) is 3. The molecule has 2 aliphatic rings. The highest BCUT2D eigenvalue weighted by molar-refractivity contribution is 6.04. The lowest BCUT2D eigenvalue weighted by Gasteiger charge is -2.32. The van der Waals surface area contributed by atoms with Crippen molar-refractivity contribution in [3.8, 4) is 11.4 Å². The second-order valence-corrected chi connectivity index (χ2v) is 8.84. The fourth-order valence-corrected chi connectivity index (χ4v) is 4.23. The van der Waals surface area contributed by atoms with Gasteiger partial charge in [0.1, 0.15) is 11.4 Å². The molecule has 0 atom stereocenters. The highest BCUT2D eigenvalue weighted by Crippen LogP contribution is 2.27. The second kappa shape index (κ2) is 11.8. The summed E-state index contributed by atoms with van der Waals surface area (Å²) in [6.07, 6.45) is 7.59. The van der Waals surface area contributed by atoms with E-state index < -0.39 is 23.1 Å². The molecule has 1 saturated heterocycles. The molecular formula is C29H25F2N5O4. The lowest BCUT2D eigenvalue weighted by molar-refractivity contribution is 0.0549. The van der Waals surface area contributed by atoms with Gasteiger partial charge in [-0.1, -0.05) is 0 Å². The predicted molar refractivity (Wildman–Crippen MR) is 146 cm³/mol. The standard InChI is InChI=1S/C29H25F2N5O4/c30-19-3-6-21(7-4-19)36-11-1-2-23(29(36)38)28(37)34-20-5-8-26(24(31)16-20)40-27-17-22(18-33-25(27)9-10-32)35-12-14-39-15-13-35/h1-11,16-18,32-33H,12-15H2,(H,34,37)/b25-9-,32-10?. The average molecular weight is 546 g/mol. The van der Waals surface area contributed by atoms with Crippen LogP contribution in [0.5, 0.6) is 5.75 Å². The molecule has 0 saturated carbocycles. The van der Waals surface area contributed by atoms with Crippen molar-refractivity contribution in [1.29, 1.82) is 5.41 Å². The van der Waals surface area contributed by atoms with E-state index in [0.717, 1.165) is 18.0 Å². The van der Waals surface area contributed by atoms with E-state index in [2.05, 4.69) is 15.5 Å². The molecule has 2 aliphatic heterocycles. The van der Waals surface area contributed by atoms with Gasteiger partial charge in [0.05, 0.1) is 24.6 Å². The molecule has 3 heterocycles. The molecule has 0 unspecified atom stereocenters. The Morgan fingerprint density at radius 3 is 2.60 bits per heavy atom. The Morgan fingerprint density at radius 1 is 1.10 bits per heavy atom. The summed E-state index contributed by atoms with van der Waals surface area (Å²) < 4.78 is 40.9. The van der Waals surface area contributed by atoms with Crippen LogP contribution in [-0.4, -0.2) is 47.9 Å². The molecule has 11 heteroatoms. The molecule has 1 aromatic heterocycles. The number of hydrogen-bond acceptors (Lipinski definition) is 7. The number of ether oxygens (including phenoxy) is 2. The summed E-state index contributed by atoms with van der Waals surface area (Å²) in [5, 5.41) is 13.0. The quantitative estimate of drug-likeness (QED) is 0.388. The molecule has 2 aromatic carbocycles. The molecule has 5 rings (SSSR count). The first kappa shape index (κ1) is 26.6. The third-order valence-electron chi connectivity index (χ3n) is 6.25. The van der Waals surface area contributed by atoms with E-state index >= 15 is 4.39 Å². The Hall–Kier alpha value is -5.03. The van der Waals surface area contributed by atoms with Crippen molar-refractivity contribution in [3.63, 3.8) is 0 Å². The molecule has 0 radical (unpaired) electrons. The van der Waals surface area contributed by atoms with E-state index in [1.165, 1.54) is 65.4 Å². The predicted octanol–water partition coefficient (Wildman–Crippen LogP) is 3.94. The van der Waals surface area contributed by atoms with Crippen LogP contribution in [0.2, 0.25) is 0 Å². The summed E-state index contributed by atoms with van der Waals surface area (Å²) in [6, 6.07) is 12.0. The zero-order valence-corrected chi connectivity index (χ0v) is 21.2. The first-order chi connectivity index (χ1) is 19.4. The van der Waals surface area contributed by atoms with Crippen LogP contribution in [0.25, 0.3) is 5.69 Å². The third kappa shape index (κ3) is 5.84. The number of allylic oxidation sites excluding steroid dienone is 2. The summed E-state index contributed by atoms with van der Waals surface area (Å²) in [6.45, 7) is 2.57. The lowest BCUT2D eigenvalue weighted by atomic mass is 10.2. The molecule has 204 valence electrons. The third-order valence-corrected chi connectivity index (χ3v) is 6.25. The van der Waals surface area contributed by atoms with E-state index in [9.17, 15) is 14.0 Å². The van der Waals surface area contributed by atoms with Gasteiger partial charge < -0.3 is 30.4 Å². The van der Waals surface area contributed by atoms with Crippen molar-refractivity contribution in [3.05, 3.63) is 124 Å². The number of carbonyl (C=O) groups excluding carboxylic acids is 1. The number of amides is 1. The highest BCUT2D eigenvalue weighted by Gasteiger charge is 2.20. The number of dihydropyridines is 1. The van der Waals surface area contributed by atoms with Gasteiger partial charge in [-0.25, -0.2) is 8.78 Å². The maximum atomic E-state index is 15.1.